The van der Waals surface area contributed by atoms with Crippen LogP contribution >= 0.6 is 35.6 Å². The summed E-state index contributed by atoms with van der Waals surface area (Å²) >= 11 is 6.24. The summed E-state index contributed by atoms with van der Waals surface area (Å²) in [5.41, 5.74) is 7.15. The molecule has 1 saturated heterocycles. The molecule has 1 aromatic carbocycles. The Labute approximate surface area is 159 Å². The highest BCUT2D eigenvalue weighted by atomic mass is 127. The number of fused-ring (bicyclic) bond motifs is 1. The Hall–Kier alpha value is -0.890. The molecular formula is C16H23ClIN3O2. The minimum Gasteiger partial charge on any atom is -0.486 e. The average molecular weight is 452 g/mol. The molecule has 0 aliphatic carbocycles. The summed E-state index contributed by atoms with van der Waals surface area (Å²) in [6.07, 6.45) is 4.48. The van der Waals surface area contributed by atoms with Gasteiger partial charge in [-0.15, -0.1) is 24.0 Å². The smallest absolute Gasteiger partial charge is 0.191 e. The molecule has 0 radical (unpaired) electrons. The molecule has 3 rings (SSSR count). The first-order valence-corrected chi connectivity index (χ1v) is 8.25. The molecule has 2 aliphatic heterocycles. The number of rotatable bonds is 3. The van der Waals surface area contributed by atoms with E-state index in [1.165, 1.54) is 19.3 Å². The molecule has 23 heavy (non-hydrogen) atoms. The maximum Gasteiger partial charge on any atom is 0.191 e. The van der Waals surface area contributed by atoms with E-state index in [0.29, 0.717) is 36.5 Å². The van der Waals surface area contributed by atoms with E-state index in [1.807, 2.05) is 12.1 Å². The van der Waals surface area contributed by atoms with Gasteiger partial charge in [-0.1, -0.05) is 11.6 Å². The molecule has 0 bridgehead atoms. The van der Waals surface area contributed by atoms with Crippen LogP contribution in [0.15, 0.2) is 17.1 Å². The number of piperidine rings is 1. The highest BCUT2D eigenvalue weighted by molar-refractivity contribution is 14.0. The van der Waals surface area contributed by atoms with Crippen LogP contribution in [-0.2, 0) is 6.42 Å². The molecular weight excluding hydrogens is 429 g/mol. The van der Waals surface area contributed by atoms with Crippen LogP contribution in [0.2, 0.25) is 5.02 Å². The molecule has 0 atom stereocenters. The van der Waals surface area contributed by atoms with Crippen molar-refractivity contribution in [1.29, 1.82) is 0 Å². The summed E-state index contributed by atoms with van der Waals surface area (Å²) in [6.45, 7) is 3.80. The first-order valence-electron chi connectivity index (χ1n) is 7.87. The van der Waals surface area contributed by atoms with Crippen molar-refractivity contribution in [2.75, 3.05) is 32.8 Å². The van der Waals surface area contributed by atoms with Crippen LogP contribution in [0.4, 0.5) is 0 Å². The van der Waals surface area contributed by atoms with Crippen molar-refractivity contribution >= 4 is 41.5 Å². The fraction of sp³-hybridized carbons (Fsp3) is 0.562. The topological polar surface area (TPSA) is 60.1 Å². The molecule has 0 spiro atoms. The van der Waals surface area contributed by atoms with Crippen molar-refractivity contribution in [3.63, 3.8) is 0 Å². The summed E-state index contributed by atoms with van der Waals surface area (Å²) in [5, 5.41) is 0.597. The van der Waals surface area contributed by atoms with Crippen LogP contribution < -0.4 is 15.2 Å². The Morgan fingerprint density at radius 2 is 1.91 bits per heavy atom. The third-order valence-corrected chi connectivity index (χ3v) is 4.29. The number of ether oxygens (including phenoxy) is 2. The second kappa shape index (κ2) is 8.82. The second-order valence-electron chi connectivity index (χ2n) is 5.64. The monoisotopic (exact) mass is 451 g/mol. The van der Waals surface area contributed by atoms with Crippen LogP contribution in [0.25, 0.3) is 0 Å². The Morgan fingerprint density at radius 1 is 1.17 bits per heavy atom. The number of halogens is 2. The Bertz CT molecular complexity index is 563. The maximum absolute atomic E-state index is 6.24. The van der Waals surface area contributed by atoms with E-state index < -0.39 is 0 Å². The number of nitrogens with zero attached hydrogens (tertiary/aromatic N) is 2. The predicted molar refractivity (Wildman–Crippen MR) is 103 cm³/mol. The van der Waals surface area contributed by atoms with Crippen molar-refractivity contribution in [2.45, 2.75) is 25.7 Å². The number of benzene rings is 1. The zero-order valence-electron chi connectivity index (χ0n) is 13.1. The van der Waals surface area contributed by atoms with E-state index in [1.54, 1.807) is 0 Å². The SMILES string of the molecule is I.NC(=NCCc1cc(Cl)c2c(c1)OCCO2)N1CCCCC1. The van der Waals surface area contributed by atoms with Gasteiger partial charge in [0.05, 0.1) is 5.02 Å². The highest BCUT2D eigenvalue weighted by Gasteiger charge is 2.16. The standard InChI is InChI=1S/C16H22ClN3O2.HI/c17-13-10-12(11-14-15(13)22-9-8-21-14)4-5-19-16(18)20-6-2-1-3-7-20;/h10-11H,1-9H2,(H2,18,19);1H. The lowest BCUT2D eigenvalue weighted by molar-refractivity contribution is 0.171. The number of likely N-dealkylation sites (tertiary alicyclic amines) is 1. The van der Waals surface area contributed by atoms with Crippen LogP contribution in [0.1, 0.15) is 24.8 Å². The van der Waals surface area contributed by atoms with Gasteiger partial charge in [0.15, 0.2) is 17.5 Å². The summed E-state index contributed by atoms with van der Waals surface area (Å²) in [7, 11) is 0. The number of hydrogen-bond acceptors (Lipinski definition) is 3. The highest BCUT2D eigenvalue weighted by Crippen LogP contribution is 2.38. The van der Waals surface area contributed by atoms with Crippen molar-refractivity contribution in [2.24, 2.45) is 10.7 Å². The summed E-state index contributed by atoms with van der Waals surface area (Å²) in [6, 6.07) is 3.90. The zero-order chi connectivity index (χ0) is 15.4. The van der Waals surface area contributed by atoms with Gasteiger partial charge in [0.25, 0.3) is 0 Å². The fourth-order valence-corrected chi connectivity index (χ4v) is 3.12. The van der Waals surface area contributed by atoms with Gasteiger partial charge in [-0.3, -0.25) is 4.99 Å². The molecule has 0 amide bonds. The number of guanidine groups is 1. The lowest BCUT2D eigenvalue weighted by atomic mass is 10.1. The molecule has 0 unspecified atom stereocenters. The zero-order valence-corrected chi connectivity index (χ0v) is 16.2. The van der Waals surface area contributed by atoms with Crippen LogP contribution in [0.5, 0.6) is 11.5 Å². The quantitative estimate of drug-likeness (QED) is 0.436. The molecule has 1 fully saturated rings. The molecule has 2 heterocycles. The normalized spacial score (nSPS) is 17.6. The maximum atomic E-state index is 6.24. The predicted octanol–water partition coefficient (Wildman–Crippen LogP) is 3.07. The largest absolute Gasteiger partial charge is 0.486 e. The van der Waals surface area contributed by atoms with Gasteiger partial charge < -0.3 is 20.1 Å². The third-order valence-electron chi connectivity index (χ3n) is 4.01. The molecule has 2 aliphatic rings. The van der Waals surface area contributed by atoms with Gasteiger partial charge in [-0.2, -0.15) is 0 Å². The van der Waals surface area contributed by atoms with Gasteiger partial charge in [0.1, 0.15) is 13.2 Å². The molecule has 2 N–H and O–H groups in total. The Balaban J connectivity index is 0.00000192. The molecule has 0 saturated carbocycles. The van der Waals surface area contributed by atoms with E-state index in [-0.39, 0.29) is 24.0 Å². The van der Waals surface area contributed by atoms with Crippen LogP contribution in [-0.4, -0.2) is 43.7 Å². The van der Waals surface area contributed by atoms with Crippen molar-refractivity contribution < 1.29 is 9.47 Å². The van der Waals surface area contributed by atoms with Gasteiger partial charge in [-0.25, -0.2) is 0 Å². The average Bonchev–Trinajstić information content (AvgIpc) is 2.56. The Kier molecular flexibility index (Phi) is 7.08. The third kappa shape index (κ3) is 4.79. The van der Waals surface area contributed by atoms with Gasteiger partial charge >= 0.3 is 0 Å². The number of nitrogens with two attached hydrogens (primary N) is 1. The summed E-state index contributed by atoms with van der Waals surface area (Å²) < 4.78 is 11.1. The lowest BCUT2D eigenvalue weighted by Gasteiger charge is -2.27. The van der Waals surface area contributed by atoms with Gasteiger partial charge in [-0.05, 0) is 43.4 Å². The van der Waals surface area contributed by atoms with E-state index >= 15 is 0 Å². The molecule has 128 valence electrons. The van der Waals surface area contributed by atoms with Gasteiger partial charge in [0, 0.05) is 19.6 Å². The van der Waals surface area contributed by atoms with Crippen molar-refractivity contribution in [1.82, 2.24) is 4.90 Å². The summed E-state index contributed by atoms with van der Waals surface area (Å²) in [4.78, 5) is 6.66. The minimum atomic E-state index is 0. The number of aliphatic imine (C=N–C) groups is 1. The van der Waals surface area contributed by atoms with E-state index in [9.17, 15) is 0 Å². The van der Waals surface area contributed by atoms with E-state index in [0.717, 1.165) is 30.8 Å². The molecule has 0 aromatic heterocycles. The minimum absolute atomic E-state index is 0. The summed E-state index contributed by atoms with van der Waals surface area (Å²) in [5.74, 6) is 2.03. The Morgan fingerprint density at radius 3 is 2.70 bits per heavy atom. The van der Waals surface area contributed by atoms with Gasteiger partial charge in [0.2, 0.25) is 0 Å². The van der Waals surface area contributed by atoms with Crippen molar-refractivity contribution in [3.8, 4) is 11.5 Å². The first kappa shape index (κ1) is 18.4. The van der Waals surface area contributed by atoms with E-state index in [4.69, 9.17) is 26.8 Å². The van der Waals surface area contributed by atoms with Crippen LogP contribution in [0, 0.1) is 0 Å². The second-order valence-corrected chi connectivity index (χ2v) is 6.05. The van der Waals surface area contributed by atoms with Crippen molar-refractivity contribution in [3.05, 3.63) is 22.7 Å². The first-order chi connectivity index (χ1) is 10.7. The van der Waals surface area contributed by atoms with E-state index in [2.05, 4.69) is 9.89 Å². The molecule has 7 heteroatoms. The molecule has 1 aromatic rings. The number of hydrogen-bond donors (Lipinski definition) is 1. The van der Waals surface area contributed by atoms with Crippen LogP contribution in [0.3, 0.4) is 0 Å². The fourth-order valence-electron chi connectivity index (χ4n) is 2.83. The lowest BCUT2D eigenvalue weighted by Crippen LogP contribution is -2.41. The molecule has 5 nitrogen and oxygen atoms in total.